The molecule has 0 heterocycles. The van der Waals surface area contributed by atoms with Crippen LogP contribution in [0.3, 0.4) is 0 Å². The van der Waals surface area contributed by atoms with E-state index in [1.165, 1.54) is 19.3 Å². The van der Waals surface area contributed by atoms with Crippen molar-refractivity contribution in [3.63, 3.8) is 0 Å². The summed E-state index contributed by atoms with van der Waals surface area (Å²) < 4.78 is 0. The second-order valence-corrected chi connectivity index (χ2v) is 8.00. The van der Waals surface area contributed by atoms with E-state index in [-0.39, 0.29) is 12.3 Å². The van der Waals surface area contributed by atoms with Crippen LogP contribution in [0.5, 0.6) is 0 Å². The van der Waals surface area contributed by atoms with Crippen LogP contribution in [0.2, 0.25) is 0 Å². The minimum Gasteiger partial charge on any atom is -0.479 e. The maximum Gasteiger partial charge on any atom is 0.332 e. The van der Waals surface area contributed by atoms with Gasteiger partial charge in [0.25, 0.3) is 0 Å². The molecule has 0 radical (unpaired) electrons. The lowest BCUT2D eigenvalue weighted by Gasteiger charge is -2.40. The Morgan fingerprint density at radius 2 is 2.11 bits per heavy atom. The summed E-state index contributed by atoms with van der Waals surface area (Å²) in [6.45, 7) is 1.90. The second-order valence-electron chi connectivity index (χ2n) is 8.00. The molecule has 4 nitrogen and oxygen atoms in total. The predicted molar refractivity (Wildman–Crippen MR) is 106 cm³/mol. The molecule has 4 heteroatoms. The summed E-state index contributed by atoms with van der Waals surface area (Å²) in [6.07, 6.45) is 15.9. The van der Waals surface area contributed by atoms with Crippen molar-refractivity contribution < 1.29 is 19.8 Å². The third kappa shape index (κ3) is 6.36. The lowest BCUT2D eigenvalue weighted by molar-refractivity contribution is -0.146. The Balaban J connectivity index is 1.80. The van der Waals surface area contributed by atoms with Gasteiger partial charge in [-0.15, -0.1) is 11.8 Å². The maximum absolute atomic E-state index is 12.2. The van der Waals surface area contributed by atoms with Crippen molar-refractivity contribution in [3.8, 4) is 11.8 Å². The van der Waals surface area contributed by atoms with Gasteiger partial charge in [0.15, 0.2) is 6.10 Å². The zero-order chi connectivity index (χ0) is 19.7. The SMILES string of the molecule is CC#CCC1(CC=C[C@H]2CCC(=O)[C@@H]2CC=CCCC(O)C(=O)O)CCC1. The van der Waals surface area contributed by atoms with Crippen molar-refractivity contribution >= 4 is 11.8 Å². The van der Waals surface area contributed by atoms with Crippen LogP contribution in [0.15, 0.2) is 24.3 Å². The topological polar surface area (TPSA) is 74.6 Å². The van der Waals surface area contributed by atoms with Gasteiger partial charge in [0.1, 0.15) is 5.78 Å². The summed E-state index contributed by atoms with van der Waals surface area (Å²) in [5, 5.41) is 17.9. The molecule has 2 rings (SSSR count). The molecule has 1 unspecified atom stereocenters. The van der Waals surface area contributed by atoms with Gasteiger partial charge in [0.2, 0.25) is 0 Å². The van der Waals surface area contributed by atoms with E-state index in [1.54, 1.807) is 0 Å². The molecule has 0 bridgehead atoms. The van der Waals surface area contributed by atoms with Gasteiger partial charge in [-0.2, -0.15) is 0 Å². The molecule has 2 aliphatic carbocycles. The second kappa shape index (κ2) is 10.5. The molecule has 0 aromatic heterocycles. The van der Waals surface area contributed by atoms with Gasteiger partial charge in [-0.25, -0.2) is 4.79 Å². The number of aliphatic hydroxyl groups is 1. The third-order valence-corrected chi connectivity index (χ3v) is 6.09. The Hall–Kier alpha value is -1.86. The highest BCUT2D eigenvalue weighted by molar-refractivity contribution is 5.83. The van der Waals surface area contributed by atoms with Crippen molar-refractivity contribution in [2.45, 2.75) is 77.2 Å². The quantitative estimate of drug-likeness (QED) is 0.443. The highest BCUT2D eigenvalue weighted by Crippen LogP contribution is 2.47. The zero-order valence-corrected chi connectivity index (χ0v) is 16.3. The molecule has 2 fully saturated rings. The first-order chi connectivity index (χ1) is 13.0. The van der Waals surface area contributed by atoms with Gasteiger partial charge < -0.3 is 10.2 Å². The van der Waals surface area contributed by atoms with E-state index in [2.05, 4.69) is 24.0 Å². The molecule has 0 aromatic rings. The molecule has 148 valence electrons. The third-order valence-electron chi connectivity index (χ3n) is 6.09. The highest BCUT2D eigenvalue weighted by Gasteiger charge is 2.35. The number of aliphatic hydroxyl groups excluding tert-OH is 1. The van der Waals surface area contributed by atoms with Gasteiger partial charge >= 0.3 is 5.97 Å². The first-order valence-electron chi connectivity index (χ1n) is 10.1. The normalized spacial score (nSPS) is 25.3. The van der Waals surface area contributed by atoms with Gasteiger partial charge in [0, 0.05) is 18.8 Å². The van der Waals surface area contributed by atoms with Crippen LogP contribution in [-0.4, -0.2) is 28.1 Å². The molecule has 3 atom stereocenters. The molecule has 0 amide bonds. The van der Waals surface area contributed by atoms with Crippen LogP contribution in [0.25, 0.3) is 0 Å². The van der Waals surface area contributed by atoms with E-state index < -0.39 is 12.1 Å². The molecule has 2 saturated carbocycles. The largest absolute Gasteiger partial charge is 0.479 e. The molecule has 2 N–H and O–H groups in total. The average molecular weight is 373 g/mol. The Morgan fingerprint density at radius 3 is 2.74 bits per heavy atom. The average Bonchev–Trinajstić information content (AvgIpc) is 2.96. The number of allylic oxidation sites excluding steroid dienone is 4. The van der Waals surface area contributed by atoms with Crippen LogP contribution >= 0.6 is 0 Å². The number of rotatable bonds is 10. The number of carbonyl (C=O) groups is 2. The number of aliphatic carboxylic acids is 1. The van der Waals surface area contributed by atoms with Gasteiger partial charge in [0.05, 0.1) is 0 Å². The van der Waals surface area contributed by atoms with Crippen LogP contribution in [-0.2, 0) is 9.59 Å². The van der Waals surface area contributed by atoms with E-state index in [9.17, 15) is 14.7 Å². The predicted octanol–water partition coefficient (Wildman–Crippen LogP) is 4.28. The van der Waals surface area contributed by atoms with E-state index in [0.29, 0.717) is 36.4 Å². The van der Waals surface area contributed by atoms with Crippen LogP contribution in [0.4, 0.5) is 0 Å². The first kappa shape index (κ1) is 21.4. The van der Waals surface area contributed by atoms with Gasteiger partial charge in [-0.1, -0.05) is 30.7 Å². The summed E-state index contributed by atoms with van der Waals surface area (Å²) in [5.74, 6) is 5.73. The summed E-state index contributed by atoms with van der Waals surface area (Å²) in [7, 11) is 0. The lowest BCUT2D eigenvalue weighted by atomic mass is 9.64. The van der Waals surface area contributed by atoms with E-state index in [1.807, 2.05) is 19.1 Å². The number of hydrogen-bond acceptors (Lipinski definition) is 3. The van der Waals surface area contributed by atoms with Crippen molar-refractivity contribution in [1.29, 1.82) is 0 Å². The summed E-state index contributed by atoms with van der Waals surface area (Å²) in [5.41, 5.74) is 0.364. The summed E-state index contributed by atoms with van der Waals surface area (Å²) in [6, 6.07) is 0. The van der Waals surface area contributed by atoms with Crippen molar-refractivity contribution in [3.05, 3.63) is 24.3 Å². The summed E-state index contributed by atoms with van der Waals surface area (Å²) >= 11 is 0. The fourth-order valence-electron chi connectivity index (χ4n) is 4.11. The number of carboxylic acid groups (broad SMARTS) is 1. The Bertz CT molecular complexity index is 630. The monoisotopic (exact) mass is 372 g/mol. The van der Waals surface area contributed by atoms with Crippen LogP contribution in [0.1, 0.15) is 71.1 Å². The van der Waals surface area contributed by atoms with E-state index >= 15 is 0 Å². The molecule has 27 heavy (non-hydrogen) atoms. The Labute approximate surface area is 162 Å². The molecule has 0 saturated heterocycles. The fraction of sp³-hybridized carbons (Fsp3) is 0.652. The number of carbonyl (C=O) groups excluding carboxylic acids is 1. The van der Waals surface area contributed by atoms with Crippen molar-refractivity contribution in [2.75, 3.05) is 0 Å². The van der Waals surface area contributed by atoms with Crippen LogP contribution in [0, 0.1) is 29.1 Å². The number of carboxylic acids is 1. The number of hydrogen-bond donors (Lipinski definition) is 2. The molecule has 2 aliphatic rings. The Morgan fingerprint density at radius 1 is 1.33 bits per heavy atom. The first-order valence-corrected chi connectivity index (χ1v) is 10.1. The highest BCUT2D eigenvalue weighted by atomic mass is 16.4. The smallest absolute Gasteiger partial charge is 0.332 e. The molecular formula is C23H32O4. The van der Waals surface area contributed by atoms with Crippen molar-refractivity contribution in [1.82, 2.24) is 0 Å². The molecule has 0 aromatic carbocycles. The van der Waals surface area contributed by atoms with E-state index in [4.69, 9.17) is 5.11 Å². The fourth-order valence-corrected chi connectivity index (χ4v) is 4.11. The minimum absolute atomic E-state index is 0.0367. The minimum atomic E-state index is -1.31. The van der Waals surface area contributed by atoms with Gasteiger partial charge in [-0.05, 0) is 63.2 Å². The standard InChI is InChI=1S/C23H32O4/c1-2-3-14-23(16-8-17-23)15-7-9-18-12-13-20(24)19(18)10-5-4-6-11-21(25)22(26)27/h4-5,7,9,18-19,21,25H,6,8,10-17H2,1H3,(H,26,27)/t18-,19+,21?/m0/s1. The lowest BCUT2D eigenvalue weighted by Crippen LogP contribution is -2.28. The zero-order valence-electron chi connectivity index (χ0n) is 16.3. The number of Topliss-reactive ketones (excluding diaryl/α,β-unsaturated/α-hetero) is 1. The molecular weight excluding hydrogens is 340 g/mol. The maximum atomic E-state index is 12.2. The van der Waals surface area contributed by atoms with Gasteiger partial charge in [-0.3, -0.25) is 4.79 Å². The van der Waals surface area contributed by atoms with E-state index in [0.717, 1.165) is 19.3 Å². The summed E-state index contributed by atoms with van der Waals surface area (Å²) in [4.78, 5) is 22.8. The molecule has 0 spiro atoms. The Kier molecular flexibility index (Phi) is 8.31. The van der Waals surface area contributed by atoms with Crippen molar-refractivity contribution in [2.24, 2.45) is 17.3 Å². The number of ketones is 1. The molecule has 0 aliphatic heterocycles. The van der Waals surface area contributed by atoms with Crippen LogP contribution < -0.4 is 0 Å².